The molecule has 95 valence electrons. The summed E-state index contributed by atoms with van der Waals surface area (Å²) in [5.41, 5.74) is 1.51. The Bertz CT molecular complexity index is 470. The van der Waals surface area contributed by atoms with Gasteiger partial charge in [-0.3, -0.25) is 0 Å². The molecule has 2 N–H and O–H groups in total. The van der Waals surface area contributed by atoms with Gasteiger partial charge in [-0.2, -0.15) is 0 Å². The summed E-state index contributed by atoms with van der Waals surface area (Å²) in [5, 5.41) is 8.99. The number of aliphatic hydroxyl groups is 1. The Morgan fingerprint density at radius 3 is 2.76 bits per heavy atom. The number of aryl methyl sites for hydroxylation is 1. The fourth-order valence-corrected chi connectivity index (χ4v) is 1.77. The third-order valence-electron chi connectivity index (χ3n) is 1.94. The van der Waals surface area contributed by atoms with Crippen molar-refractivity contribution in [2.75, 3.05) is 19.4 Å². The van der Waals surface area contributed by atoms with Crippen molar-refractivity contribution < 1.29 is 18.3 Å². The van der Waals surface area contributed by atoms with E-state index in [1.165, 1.54) is 0 Å². The van der Waals surface area contributed by atoms with Gasteiger partial charge in [-0.15, -0.1) is 0 Å². The molecule has 0 bridgehead atoms. The average molecular weight is 258 g/mol. The Hall–Kier alpha value is -1.11. The van der Waals surface area contributed by atoms with Crippen LogP contribution in [0.4, 0.5) is 0 Å². The van der Waals surface area contributed by atoms with E-state index in [4.69, 9.17) is 9.84 Å². The molecule has 1 rings (SSSR count). The first-order valence-corrected chi connectivity index (χ1v) is 7.01. The number of nitrogens with one attached hydrogen (secondary N) is 1. The van der Waals surface area contributed by atoms with Crippen molar-refractivity contribution in [2.24, 2.45) is 0 Å². The first-order valence-electron chi connectivity index (χ1n) is 5.12. The van der Waals surface area contributed by atoms with Crippen molar-refractivity contribution in [3.63, 3.8) is 0 Å². The highest BCUT2D eigenvalue weighted by atomic mass is 32.2. The van der Waals surface area contributed by atoms with E-state index in [9.17, 15) is 8.42 Å². The minimum absolute atomic E-state index is 0.0976. The maximum absolute atomic E-state index is 10.8. The van der Waals surface area contributed by atoms with Crippen molar-refractivity contribution in [1.29, 1.82) is 0 Å². The van der Waals surface area contributed by atoms with Crippen LogP contribution in [0, 0.1) is 13.0 Å². The summed E-state index contributed by atoms with van der Waals surface area (Å²) >= 11 is 0. The second-order valence-corrected chi connectivity index (χ2v) is 5.53. The molecule has 0 saturated carbocycles. The van der Waals surface area contributed by atoms with Crippen molar-refractivity contribution >= 4 is 10.0 Å². The summed E-state index contributed by atoms with van der Waals surface area (Å²) in [4.78, 5) is 0. The molecular weight excluding hydrogens is 242 g/mol. The minimum atomic E-state index is -3.18. The Kier molecular flexibility index (Phi) is 4.92. The van der Waals surface area contributed by atoms with Crippen LogP contribution in [0.5, 0.6) is 5.75 Å². The molecule has 1 aromatic rings. The van der Waals surface area contributed by atoms with Crippen LogP contribution in [0.15, 0.2) is 12.1 Å². The van der Waals surface area contributed by atoms with Crippen molar-refractivity contribution in [3.05, 3.63) is 29.3 Å². The summed E-state index contributed by atoms with van der Waals surface area (Å²) in [6.45, 7) is 2.20. The van der Waals surface area contributed by atoms with E-state index < -0.39 is 10.0 Å². The topological polar surface area (TPSA) is 75.6 Å². The highest BCUT2D eigenvalue weighted by Gasteiger charge is 2.02. The smallest absolute Gasteiger partial charge is 0.208 e. The maximum atomic E-state index is 10.8. The van der Waals surface area contributed by atoms with Gasteiger partial charge in [0.25, 0.3) is 0 Å². The van der Waals surface area contributed by atoms with Crippen LogP contribution in [0.2, 0.25) is 0 Å². The first kappa shape index (κ1) is 14.0. The van der Waals surface area contributed by atoms with Crippen LogP contribution < -0.4 is 9.46 Å². The molecule has 0 aromatic heterocycles. The van der Waals surface area contributed by atoms with Gasteiger partial charge in [-0.25, -0.2) is 13.1 Å². The molecule has 1 radical (unpaired) electrons. The third kappa shape index (κ3) is 5.67. The maximum Gasteiger partial charge on any atom is 0.208 e. The molecule has 0 aliphatic carbocycles. The number of hydrogen-bond donors (Lipinski definition) is 2. The zero-order valence-electron chi connectivity index (χ0n) is 9.86. The summed E-state index contributed by atoms with van der Waals surface area (Å²) < 4.78 is 29.3. The lowest BCUT2D eigenvalue weighted by Crippen LogP contribution is -2.26. The second kappa shape index (κ2) is 6.00. The predicted molar refractivity (Wildman–Crippen MR) is 64.3 cm³/mol. The van der Waals surface area contributed by atoms with Crippen molar-refractivity contribution in [1.82, 2.24) is 4.72 Å². The third-order valence-corrected chi connectivity index (χ3v) is 2.67. The molecule has 17 heavy (non-hydrogen) atoms. The van der Waals surface area contributed by atoms with Gasteiger partial charge < -0.3 is 9.84 Å². The van der Waals surface area contributed by atoms with E-state index in [0.717, 1.165) is 11.8 Å². The Balaban J connectivity index is 2.49. The normalized spacial score (nSPS) is 11.5. The van der Waals surface area contributed by atoms with Gasteiger partial charge >= 0.3 is 0 Å². The van der Waals surface area contributed by atoms with Crippen LogP contribution in [0.1, 0.15) is 11.1 Å². The van der Waals surface area contributed by atoms with E-state index in [0.29, 0.717) is 11.3 Å². The van der Waals surface area contributed by atoms with Crippen molar-refractivity contribution in [2.45, 2.75) is 13.5 Å². The van der Waals surface area contributed by atoms with Crippen LogP contribution >= 0.6 is 0 Å². The summed E-state index contributed by atoms with van der Waals surface area (Å²) in [6, 6.07) is 6.42. The molecule has 0 heterocycles. The quantitative estimate of drug-likeness (QED) is 0.716. The predicted octanol–water partition coefficient (Wildman–Crippen LogP) is 0.216. The van der Waals surface area contributed by atoms with E-state index in [1.54, 1.807) is 12.1 Å². The number of benzene rings is 1. The molecule has 0 saturated heterocycles. The van der Waals surface area contributed by atoms with Crippen LogP contribution in [0.25, 0.3) is 0 Å². The second-order valence-electron chi connectivity index (χ2n) is 3.70. The van der Waals surface area contributed by atoms with Gasteiger partial charge in [0.1, 0.15) is 12.4 Å². The van der Waals surface area contributed by atoms with Gasteiger partial charge in [0, 0.05) is 6.54 Å². The minimum Gasteiger partial charge on any atom is -0.492 e. The SMILES string of the molecule is Cc1[c]c(CO)cc(OCCNS(C)(=O)=O)c1. The van der Waals surface area contributed by atoms with E-state index in [2.05, 4.69) is 10.8 Å². The standard InChI is InChI=1S/C11H16NO4S/c1-9-5-10(8-13)7-11(6-9)16-4-3-12-17(2,14)15/h6-7,12-13H,3-4,8H2,1-2H3. The molecule has 0 fully saturated rings. The van der Waals surface area contributed by atoms with Crippen LogP contribution in [-0.2, 0) is 16.6 Å². The van der Waals surface area contributed by atoms with Gasteiger partial charge in [0.2, 0.25) is 10.0 Å². The lowest BCUT2D eigenvalue weighted by atomic mass is 10.1. The molecule has 0 aliphatic heterocycles. The Labute approximate surface area is 101 Å². The monoisotopic (exact) mass is 258 g/mol. The largest absolute Gasteiger partial charge is 0.492 e. The zero-order chi connectivity index (χ0) is 12.9. The summed E-state index contributed by atoms with van der Waals surface area (Å²) in [7, 11) is -3.18. The summed E-state index contributed by atoms with van der Waals surface area (Å²) in [5.74, 6) is 0.598. The molecular formula is C11H16NO4S. The summed E-state index contributed by atoms with van der Waals surface area (Å²) in [6.07, 6.45) is 1.10. The van der Waals surface area contributed by atoms with Gasteiger partial charge in [-0.05, 0) is 36.2 Å². The van der Waals surface area contributed by atoms with Gasteiger partial charge in [0.05, 0.1) is 12.9 Å². The van der Waals surface area contributed by atoms with E-state index >= 15 is 0 Å². The molecule has 0 amide bonds. The molecule has 1 aromatic carbocycles. The lowest BCUT2D eigenvalue weighted by molar-refractivity contribution is 0.279. The molecule has 0 spiro atoms. The highest BCUT2D eigenvalue weighted by molar-refractivity contribution is 7.88. The Morgan fingerprint density at radius 1 is 1.47 bits per heavy atom. The number of sulfonamides is 1. The molecule has 0 aliphatic rings. The van der Waals surface area contributed by atoms with Crippen LogP contribution in [0.3, 0.4) is 0 Å². The van der Waals surface area contributed by atoms with E-state index in [1.807, 2.05) is 6.92 Å². The number of aliphatic hydroxyl groups excluding tert-OH is 1. The first-order chi connectivity index (χ1) is 7.90. The Morgan fingerprint density at radius 2 is 2.18 bits per heavy atom. The highest BCUT2D eigenvalue weighted by Crippen LogP contribution is 2.16. The van der Waals surface area contributed by atoms with Gasteiger partial charge in [0.15, 0.2) is 0 Å². The number of ether oxygens (including phenoxy) is 1. The fraction of sp³-hybridized carbons (Fsp3) is 0.455. The number of hydrogen-bond acceptors (Lipinski definition) is 4. The van der Waals surface area contributed by atoms with Gasteiger partial charge in [-0.1, -0.05) is 0 Å². The zero-order valence-corrected chi connectivity index (χ0v) is 10.7. The molecule has 0 atom stereocenters. The average Bonchev–Trinajstić information content (AvgIpc) is 2.22. The van der Waals surface area contributed by atoms with E-state index in [-0.39, 0.29) is 19.8 Å². The molecule has 0 unspecified atom stereocenters. The van der Waals surface area contributed by atoms with Crippen molar-refractivity contribution in [3.8, 4) is 5.75 Å². The fourth-order valence-electron chi connectivity index (χ4n) is 1.32. The number of rotatable bonds is 6. The van der Waals surface area contributed by atoms with Crippen LogP contribution in [-0.4, -0.2) is 32.9 Å². The lowest BCUT2D eigenvalue weighted by Gasteiger charge is -2.08. The molecule has 5 nitrogen and oxygen atoms in total. The molecule has 6 heteroatoms.